The molecule has 16 rings (SSSR count). The summed E-state index contributed by atoms with van der Waals surface area (Å²) < 4.78 is 25.2. The fraction of sp³-hybridized carbons (Fsp3) is 0.385. The van der Waals surface area contributed by atoms with E-state index in [2.05, 4.69) is 170 Å². The van der Waals surface area contributed by atoms with Crippen LogP contribution < -0.4 is 45.1 Å². The van der Waals surface area contributed by atoms with E-state index in [1.54, 1.807) is 45.5 Å². The summed E-state index contributed by atoms with van der Waals surface area (Å²) in [5.74, 6) is 6.51. The quantitative estimate of drug-likeness (QED) is 0.0605. The van der Waals surface area contributed by atoms with Gasteiger partial charge in [-0.15, -0.1) is 0 Å². The average Bonchev–Trinajstić information content (AvgIpc) is 1.68. The number of nitrogens with one attached hydrogen (secondary N) is 2. The minimum Gasteiger partial charge on any atom is -0.496 e. The molecule has 0 aliphatic carbocycles. The monoisotopic (exact) mass is 1450 g/mol. The van der Waals surface area contributed by atoms with Crippen molar-refractivity contribution in [3.63, 3.8) is 0 Å². The number of anilines is 5. The zero-order chi connectivity index (χ0) is 71.6. The van der Waals surface area contributed by atoms with Gasteiger partial charge >= 0.3 is 0 Å². The van der Waals surface area contributed by atoms with Gasteiger partial charge in [-0.25, -0.2) is 34.9 Å². The van der Waals surface area contributed by atoms with Gasteiger partial charge in [0.25, 0.3) is 0 Å². The van der Waals surface area contributed by atoms with E-state index < -0.39 is 0 Å². The van der Waals surface area contributed by atoms with Crippen LogP contribution in [0.25, 0.3) is 11.4 Å². The van der Waals surface area contributed by atoms with E-state index in [-0.39, 0.29) is 5.28 Å². The first-order valence-corrected chi connectivity index (χ1v) is 36.6. The van der Waals surface area contributed by atoms with E-state index in [1.807, 2.05) is 41.4 Å². The van der Waals surface area contributed by atoms with E-state index in [1.165, 1.54) is 85.0 Å². The molecule has 3 fully saturated rings. The highest BCUT2D eigenvalue weighted by atomic mass is 35.5. The maximum Gasteiger partial charge on any atom is 0.230 e. The van der Waals surface area contributed by atoms with Gasteiger partial charge in [-0.3, -0.25) is 14.7 Å². The number of imidazole rings is 2. The molecule has 6 aliphatic heterocycles. The SMILES string of the molecule is C1CCNC1.COc1cc(-n2cnc(N)c2)cc(OC)c1OC.COc1cc(-n2cnc(Nc3nc4c(c(N5CCCC5)n3)CN(Cc3ccccc3)CC4)c2)cc(C)c1C.Clc1nc(Cl)c2c(n1)CCN(Cc1ccccc1)C2.Clc1nc2c(c(N3CCCC3)n1)CN(Cc1ccccc1)CC2. The fourth-order valence-electron chi connectivity index (χ4n) is 13.8. The molecule has 0 unspecified atom stereocenters. The Labute approximate surface area is 619 Å². The number of aryl methyl sites for hydroxylation is 1. The summed E-state index contributed by atoms with van der Waals surface area (Å²) in [6.07, 6.45) is 17.5. The molecule has 0 radical (unpaired) electrons. The largest absolute Gasteiger partial charge is 0.496 e. The Morgan fingerprint density at radius 3 is 1.40 bits per heavy atom. The Balaban J connectivity index is 0.000000133. The highest BCUT2D eigenvalue weighted by Crippen LogP contribution is 2.40. The van der Waals surface area contributed by atoms with Gasteiger partial charge in [0.1, 0.15) is 41.0 Å². The van der Waals surface area contributed by atoms with Gasteiger partial charge in [0, 0.05) is 139 Å². The van der Waals surface area contributed by atoms with Gasteiger partial charge < -0.3 is 54.2 Å². The molecule has 4 N–H and O–H groups in total. The summed E-state index contributed by atoms with van der Waals surface area (Å²) in [4.78, 5) is 48.1. The van der Waals surface area contributed by atoms with Crippen molar-refractivity contribution in [2.45, 2.75) is 111 Å². The number of nitrogens with two attached hydrogens (primary N) is 1. The van der Waals surface area contributed by atoms with Crippen LogP contribution in [0.2, 0.25) is 15.7 Å². The first-order chi connectivity index (χ1) is 50.3. The lowest BCUT2D eigenvalue weighted by Gasteiger charge is -2.31. The topological polar surface area (TPSA) is 216 Å². The van der Waals surface area contributed by atoms with Gasteiger partial charge in [-0.2, -0.15) is 4.98 Å². The number of fused-ring (bicyclic) bond motifs is 3. The van der Waals surface area contributed by atoms with E-state index in [9.17, 15) is 0 Å². The standard InChI is InChI=1S/C30H35N7O.C18H21ClN4.C14H13Cl2N3.C12H15N3O3.C4H9N/c1-21-15-24(16-27(38-3)22(21)2)37-19-28(31-20-37)33-30-32-26-11-14-35(17-23-9-5-4-6-10-23)18-25(26)29(34-30)36-12-7-8-13-36;19-18-20-16-8-11-22(12-14-6-2-1-3-7-14)13-15(16)17(21-18)23-9-4-5-10-23;15-13-11-9-19(8-10-4-2-1-3-5-10)7-6-12(11)17-14(16)18-13;1-16-9-4-8(15-6-11(13)14-7-15)5-10(17-2)12(9)18-3;1-2-4-5-3-1/h4-6,9-10,15-16,19-20H,7-8,11-14,17-18H2,1-3H3,(H,32,33,34);1-3,6-7H,4-5,8-13H2;1-5H,6-9H2;4-7H,13H2,1-3H3;5H,1-4H2. The number of hydrogen-bond donors (Lipinski definition) is 3. The second-order valence-electron chi connectivity index (χ2n) is 26.4. The number of hydrogen-bond acceptors (Lipinski definition) is 20. The molecule has 0 saturated carbocycles. The molecule has 0 amide bonds. The lowest BCUT2D eigenvalue weighted by molar-refractivity contribution is 0.243. The highest BCUT2D eigenvalue weighted by Gasteiger charge is 2.30. The molecule has 3 saturated heterocycles. The van der Waals surface area contributed by atoms with Crippen LogP contribution in [0.4, 0.5) is 29.2 Å². The third-order valence-electron chi connectivity index (χ3n) is 19.3. The highest BCUT2D eigenvalue weighted by molar-refractivity contribution is 6.32. The van der Waals surface area contributed by atoms with Crippen LogP contribution in [0.1, 0.15) is 100 Å². The zero-order valence-corrected chi connectivity index (χ0v) is 62.1. The number of rotatable bonds is 16. The summed E-state index contributed by atoms with van der Waals surface area (Å²) in [6.45, 7) is 19.3. The van der Waals surface area contributed by atoms with E-state index in [0.29, 0.717) is 39.5 Å². The summed E-state index contributed by atoms with van der Waals surface area (Å²) >= 11 is 18.1. The molecule has 0 bridgehead atoms. The Kier molecular flexibility index (Phi) is 25.6. The molecular formula is C78H93Cl3N18O4. The van der Waals surface area contributed by atoms with Crippen LogP contribution in [0.3, 0.4) is 0 Å². The van der Waals surface area contributed by atoms with Crippen LogP contribution in [0, 0.1) is 13.8 Å². The lowest BCUT2D eigenvalue weighted by atomic mass is 10.0. The van der Waals surface area contributed by atoms with E-state index in [4.69, 9.17) is 69.5 Å². The van der Waals surface area contributed by atoms with Crippen molar-refractivity contribution in [3.8, 4) is 34.4 Å². The first kappa shape index (κ1) is 73.6. The maximum absolute atomic E-state index is 6.16. The molecule has 10 aromatic rings. The molecule has 22 nitrogen and oxygen atoms in total. The zero-order valence-electron chi connectivity index (χ0n) is 59.8. The number of nitrogens with zero attached hydrogens (tertiary/aromatic N) is 15. The van der Waals surface area contributed by atoms with Crippen LogP contribution in [-0.2, 0) is 58.5 Å². The fourth-order valence-corrected chi connectivity index (χ4v) is 14.4. The second kappa shape index (κ2) is 35.8. The Morgan fingerprint density at radius 1 is 0.476 bits per heavy atom. The average molecular weight is 1450 g/mol. The van der Waals surface area contributed by atoms with Crippen molar-refractivity contribution in [2.24, 2.45) is 0 Å². The minimum atomic E-state index is 0.236. The number of nitrogen functional groups attached to an aromatic ring is 1. The molecule has 0 spiro atoms. The molecule has 5 aromatic heterocycles. The normalized spacial score (nSPS) is 15.5. The number of methoxy groups -OCH3 is 4. The third kappa shape index (κ3) is 19.4. The van der Waals surface area contributed by atoms with Crippen molar-refractivity contribution in [1.82, 2.24) is 69.0 Å². The van der Waals surface area contributed by atoms with Crippen LogP contribution >= 0.6 is 34.8 Å². The number of aromatic nitrogens is 10. The first-order valence-electron chi connectivity index (χ1n) is 35.5. The summed E-state index contributed by atoms with van der Waals surface area (Å²) in [5.41, 5.74) is 20.6. The molecular weight excluding hydrogens is 1360 g/mol. The van der Waals surface area contributed by atoms with Crippen LogP contribution in [-0.4, -0.2) is 151 Å². The predicted molar refractivity (Wildman–Crippen MR) is 409 cm³/mol. The molecule has 11 heterocycles. The van der Waals surface area contributed by atoms with Gasteiger partial charge in [0.15, 0.2) is 17.3 Å². The number of benzene rings is 5. The summed E-state index contributed by atoms with van der Waals surface area (Å²) in [7, 11) is 6.42. The molecule has 6 aliphatic rings. The smallest absolute Gasteiger partial charge is 0.230 e. The minimum absolute atomic E-state index is 0.236. The molecule has 25 heteroatoms. The van der Waals surface area contributed by atoms with Gasteiger partial charge in [-0.1, -0.05) is 103 Å². The summed E-state index contributed by atoms with van der Waals surface area (Å²) in [5, 5.41) is 7.72. The van der Waals surface area contributed by atoms with Gasteiger partial charge in [0.05, 0.1) is 69.3 Å². The van der Waals surface area contributed by atoms with Crippen molar-refractivity contribution < 1.29 is 18.9 Å². The van der Waals surface area contributed by atoms with Gasteiger partial charge in [-0.05, 0) is 123 Å². The summed E-state index contributed by atoms with van der Waals surface area (Å²) in [6, 6.07) is 39.6. The number of halogens is 3. The molecule has 0 atom stereocenters. The molecule has 540 valence electrons. The van der Waals surface area contributed by atoms with E-state index in [0.717, 1.165) is 167 Å². The Bertz CT molecular complexity index is 4370. The van der Waals surface area contributed by atoms with Crippen molar-refractivity contribution in [1.29, 1.82) is 0 Å². The van der Waals surface area contributed by atoms with Gasteiger partial charge in [0.2, 0.25) is 22.3 Å². The predicted octanol–water partition coefficient (Wildman–Crippen LogP) is 13.7. The van der Waals surface area contributed by atoms with Crippen molar-refractivity contribution in [3.05, 3.63) is 218 Å². The number of ether oxygens (including phenoxy) is 4. The lowest BCUT2D eigenvalue weighted by Crippen LogP contribution is -2.33. The second-order valence-corrected chi connectivity index (χ2v) is 27.4. The Morgan fingerprint density at radius 2 is 0.922 bits per heavy atom. The molecule has 103 heavy (non-hydrogen) atoms. The van der Waals surface area contributed by atoms with Crippen LogP contribution in [0.15, 0.2) is 140 Å². The third-order valence-corrected chi connectivity index (χ3v) is 19.9. The van der Waals surface area contributed by atoms with E-state index >= 15 is 0 Å². The Hall–Kier alpha value is -9.13. The van der Waals surface area contributed by atoms with Crippen molar-refractivity contribution >= 4 is 64.0 Å². The maximum atomic E-state index is 6.16. The van der Waals surface area contributed by atoms with Crippen LogP contribution in [0.5, 0.6) is 23.0 Å². The van der Waals surface area contributed by atoms with Crippen molar-refractivity contribution in [2.75, 3.05) is 108 Å². The molecule has 5 aromatic carbocycles.